The van der Waals surface area contributed by atoms with Gasteiger partial charge in [-0.1, -0.05) is 78.8 Å². The number of aromatic nitrogens is 3. The molecule has 2 amide bonds. The van der Waals surface area contributed by atoms with Gasteiger partial charge in [0.15, 0.2) is 11.4 Å². The van der Waals surface area contributed by atoms with Crippen LogP contribution in [0, 0.1) is 0 Å². The number of aliphatic hydroxyl groups is 1. The number of para-hydroxylation sites is 2. The van der Waals surface area contributed by atoms with E-state index in [1.54, 1.807) is 30.2 Å². The summed E-state index contributed by atoms with van der Waals surface area (Å²) < 4.78 is 14.7. The van der Waals surface area contributed by atoms with Crippen molar-refractivity contribution in [2.24, 2.45) is 7.05 Å². The predicted molar refractivity (Wildman–Crippen MR) is 181 cm³/mol. The van der Waals surface area contributed by atoms with E-state index in [9.17, 15) is 14.7 Å². The van der Waals surface area contributed by atoms with E-state index in [-0.39, 0.29) is 30.6 Å². The number of hydrogen-bond donors (Lipinski definition) is 4. The van der Waals surface area contributed by atoms with Gasteiger partial charge in [0.05, 0.1) is 30.2 Å². The molecule has 2 heterocycles. The number of amides is 2. The monoisotopic (exact) mass is 658 g/mol. The Hall–Kier alpha value is -4.23. The molecule has 0 aliphatic carbocycles. The summed E-state index contributed by atoms with van der Waals surface area (Å²) in [5, 5.41) is 24.2. The first-order valence-corrected chi connectivity index (χ1v) is 16.8. The van der Waals surface area contributed by atoms with Crippen LogP contribution in [0.25, 0.3) is 0 Å². The Labute approximate surface area is 279 Å². The van der Waals surface area contributed by atoms with Crippen LogP contribution in [0.5, 0.6) is 0 Å². The molecule has 1 aliphatic rings. The molecular weight excluding hydrogens is 616 g/mol. The fraction of sp³-hybridized carbons (Fsp3) is 0.371. The van der Waals surface area contributed by atoms with Crippen LogP contribution in [0.2, 0.25) is 0 Å². The SMILES string of the molecule is Cn1cnnc1SC[C@H]1C[C@@H](c2ccc(CO)cc2)O[C@@H](c2ccc(CNC(=O)CCCCCC(=O)Nc3ccccc3N)cc2)O1. The van der Waals surface area contributed by atoms with E-state index < -0.39 is 6.29 Å². The molecule has 12 heteroatoms. The highest BCUT2D eigenvalue weighted by Crippen LogP contribution is 2.39. The summed E-state index contributed by atoms with van der Waals surface area (Å²) in [6, 6.07) is 22.9. The summed E-state index contributed by atoms with van der Waals surface area (Å²) in [6.07, 6.45) is 4.52. The lowest BCUT2D eigenvalue weighted by Crippen LogP contribution is -2.31. The molecule has 5 N–H and O–H groups in total. The molecule has 1 aliphatic heterocycles. The third kappa shape index (κ3) is 10.1. The molecule has 248 valence electrons. The summed E-state index contributed by atoms with van der Waals surface area (Å²) in [5.41, 5.74) is 10.8. The zero-order chi connectivity index (χ0) is 33.0. The van der Waals surface area contributed by atoms with Gasteiger partial charge >= 0.3 is 0 Å². The lowest BCUT2D eigenvalue weighted by atomic mass is 10.0. The van der Waals surface area contributed by atoms with Crippen LogP contribution in [0.3, 0.4) is 0 Å². The Morgan fingerprint density at radius 3 is 2.34 bits per heavy atom. The van der Waals surface area contributed by atoms with E-state index in [1.165, 1.54) is 0 Å². The van der Waals surface area contributed by atoms with Gasteiger partial charge in [-0.15, -0.1) is 10.2 Å². The summed E-state index contributed by atoms with van der Waals surface area (Å²) in [6.45, 7) is 0.413. The zero-order valence-electron chi connectivity index (χ0n) is 26.5. The standard InChI is InChI=1S/C35H42N6O5S/c1-41-23-38-40-35(41)47-22-28-19-31(26-15-13-25(21-42)14-16-26)46-34(45-28)27-17-11-24(12-18-27)20-37-32(43)9-3-2-4-10-33(44)39-30-8-6-5-7-29(30)36/h5-8,11-18,23,28,31,34,42H,2-4,9-10,19-22,36H2,1H3,(H,37,43)(H,39,44)/t28-,31+,34+/m1/s1. The van der Waals surface area contributed by atoms with E-state index in [1.807, 2.05) is 72.3 Å². The number of aliphatic hydroxyl groups excluding tert-OH is 1. The molecular formula is C35H42N6O5S. The third-order valence-corrected chi connectivity index (χ3v) is 9.13. The fourth-order valence-electron chi connectivity index (χ4n) is 5.25. The van der Waals surface area contributed by atoms with E-state index in [2.05, 4.69) is 20.8 Å². The van der Waals surface area contributed by atoms with E-state index in [4.69, 9.17) is 15.2 Å². The second-order valence-corrected chi connectivity index (χ2v) is 12.6. The minimum Gasteiger partial charge on any atom is -0.397 e. The van der Waals surface area contributed by atoms with Gasteiger partial charge in [0.1, 0.15) is 6.33 Å². The maximum absolute atomic E-state index is 12.5. The molecule has 1 fully saturated rings. The number of rotatable bonds is 15. The lowest BCUT2D eigenvalue weighted by molar-refractivity contribution is -0.245. The van der Waals surface area contributed by atoms with Crippen molar-refractivity contribution in [1.82, 2.24) is 20.1 Å². The smallest absolute Gasteiger partial charge is 0.224 e. The van der Waals surface area contributed by atoms with Crippen molar-refractivity contribution in [3.63, 3.8) is 0 Å². The first-order chi connectivity index (χ1) is 22.9. The molecule has 1 aromatic heterocycles. The van der Waals surface area contributed by atoms with Crippen LogP contribution in [0.15, 0.2) is 84.3 Å². The second-order valence-electron chi connectivity index (χ2n) is 11.6. The summed E-state index contributed by atoms with van der Waals surface area (Å²) in [7, 11) is 1.92. The van der Waals surface area contributed by atoms with E-state index in [0.29, 0.717) is 55.8 Å². The number of anilines is 2. The fourth-order valence-corrected chi connectivity index (χ4v) is 6.15. The van der Waals surface area contributed by atoms with Crippen molar-refractivity contribution in [3.05, 3.63) is 101 Å². The number of nitrogen functional groups attached to an aromatic ring is 1. The molecule has 5 rings (SSSR count). The average Bonchev–Trinajstić information content (AvgIpc) is 3.51. The van der Waals surface area contributed by atoms with Gasteiger partial charge in [-0.25, -0.2) is 0 Å². The van der Waals surface area contributed by atoms with Crippen LogP contribution in [-0.4, -0.2) is 43.5 Å². The number of carbonyl (C=O) groups is 2. The maximum atomic E-state index is 12.5. The van der Waals surface area contributed by atoms with Crippen LogP contribution < -0.4 is 16.4 Å². The van der Waals surface area contributed by atoms with Gasteiger partial charge in [0.25, 0.3) is 0 Å². The zero-order valence-corrected chi connectivity index (χ0v) is 27.3. The number of ether oxygens (including phenoxy) is 2. The molecule has 4 aromatic rings. The molecule has 1 saturated heterocycles. The quantitative estimate of drug-likeness (QED) is 0.0744. The summed E-state index contributed by atoms with van der Waals surface area (Å²) in [4.78, 5) is 24.6. The first-order valence-electron chi connectivity index (χ1n) is 15.8. The van der Waals surface area contributed by atoms with Gasteiger partial charge in [-0.3, -0.25) is 9.59 Å². The highest BCUT2D eigenvalue weighted by molar-refractivity contribution is 7.99. The van der Waals surface area contributed by atoms with Crippen LogP contribution in [0.1, 0.15) is 73.2 Å². The number of unbranched alkanes of at least 4 members (excludes halogenated alkanes) is 2. The van der Waals surface area contributed by atoms with E-state index >= 15 is 0 Å². The molecule has 0 radical (unpaired) electrons. The highest BCUT2D eigenvalue weighted by Gasteiger charge is 2.32. The first kappa shape index (κ1) is 34.1. The van der Waals surface area contributed by atoms with Crippen LogP contribution in [-0.2, 0) is 39.3 Å². The van der Waals surface area contributed by atoms with Crippen molar-refractivity contribution >= 4 is 35.0 Å². The number of carbonyl (C=O) groups excluding carboxylic acids is 2. The normalized spacial score (nSPS) is 17.7. The molecule has 3 aromatic carbocycles. The Morgan fingerprint density at radius 2 is 1.64 bits per heavy atom. The number of benzene rings is 3. The van der Waals surface area contributed by atoms with Crippen molar-refractivity contribution in [3.8, 4) is 0 Å². The maximum Gasteiger partial charge on any atom is 0.224 e. The van der Waals surface area contributed by atoms with Crippen LogP contribution >= 0.6 is 11.8 Å². The van der Waals surface area contributed by atoms with Gasteiger partial charge in [0.2, 0.25) is 11.8 Å². The number of thioether (sulfide) groups is 1. The third-order valence-electron chi connectivity index (χ3n) is 7.97. The molecule has 0 spiro atoms. The molecule has 11 nitrogen and oxygen atoms in total. The van der Waals surface area contributed by atoms with Gasteiger partial charge in [-0.2, -0.15) is 0 Å². The minimum absolute atomic E-state index is 0.00643. The van der Waals surface area contributed by atoms with E-state index in [0.717, 1.165) is 33.8 Å². The number of nitrogens with zero attached hydrogens (tertiary/aromatic N) is 3. The second kappa shape index (κ2) is 17.1. The Kier molecular flexibility index (Phi) is 12.4. The number of nitrogens with two attached hydrogens (primary N) is 1. The lowest BCUT2D eigenvalue weighted by Gasteiger charge is -2.36. The minimum atomic E-state index is -0.563. The average molecular weight is 659 g/mol. The van der Waals surface area contributed by atoms with Crippen molar-refractivity contribution in [2.45, 2.75) is 75.3 Å². The van der Waals surface area contributed by atoms with Gasteiger partial charge < -0.3 is 35.5 Å². The van der Waals surface area contributed by atoms with Crippen LogP contribution in [0.4, 0.5) is 11.4 Å². The van der Waals surface area contributed by atoms with Crippen molar-refractivity contribution in [1.29, 1.82) is 0 Å². The van der Waals surface area contributed by atoms with Gasteiger partial charge in [0, 0.05) is 44.2 Å². The Morgan fingerprint density at radius 1 is 0.936 bits per heavy atom. The molecule has 0 unspecified atom stereocenters. The highest BCUT2D eigenvalue weighted by atomic mass is 32.2. The number of hydrogen-bond acceptors (Lipinski definition) is 9. The summed E-state index contributed by atoms with van der Waals surface area (Å²) in [5.74, 6) is 0.592. The largest absolute Gasteiger partial charge is 0.397 e. The Bertz CT molecular complexity index is 1600. The topological polar surface area (TPSA) is 154 Å². The molecule has 0 bridgehead atoms. The number of nitrogens with one attached hydrogen (secondary N) is 2. The van der Waals surface area contributed by atoms with Crippen molar-refractivity contribution < 1.29 is 24.2 Å². The molecule has 47 heavy (non-hydrogen) atoms. The summed E-state index contributed by atoms with van der Waals surface area (Å²) >= 11 is 1.60. The molecule has 0 saturated carbocycles. The predicted octanol–water partition coefficient (Wildman–Crippen LogP) is 5.43. The number of aryl methyl sites for hydroxylation is 1. The molecule has 3 atom stereocenters. The van der Waals surface area contributed by atoms with Crippen molar-refractivity contribution in [2.75, 3.05) is 16.8 Å². The van der Waals surface area contributed by atoms with Gasteiger partial charge in [-0.05, 0) is 41.7 Å². The Balaban J connectivity index is 1.08.